The number of esters is 1. The molecule has 1 N–H and O–H groups in total. The van der Waals surface area contributed by atoms with Gasteiger partial charge in [0.15, 0.2) is 6.04 Å². The van der Waals surface area contributed by atoms with Gasteiger partial charge >= 0.3 is 5.97 Å². The summed E-state index contributed by atoms with van der Waals surface area (Å²) in [5.41, 5.74) is 1.43. The molecule has 0 saturated heterocycles. The predicted octanol–water partition coefficient (Wildman–Crippen LogP) is 4.30. The summed E-state index contributed by atoms with van der Waals surface area (Å²) in [4.78, 5) is 12.1. The average Bonchev–Trinajstić information content (AvgIpc) is 2.48. The summed E-state index contributed by atoms with van der Waals surface area (Å²) in [5.74, 6) is -0.739. The second kappa shape index (κ2) is 7.22. The fourth-order valence-electron chi connectivity index (χ4n) is 1.87. The summed E-state index contributed by atoms with van der Waals surface area (Å²) < 4.78 is 19.1. The van der Waals surface area contributed by atoms with Crippen molar-refractivity contribution in [3.63, 3.8) is 0 Å². The van der Waals surface area contributed by atoms with Gasteiger partial charge in [0, 0.05) is 10.2 Å². The lowest BCUT2D eigenvalue weighted by molar-refractivity contribution is -0.144. The van der Waals surface area contributed by atoms with Crippen LogP contribution in [0.5, 0.6) is 0 Å². The molecule has 2 rings (SSSR count). The van der Waals surface area contributed by atoms with E-state index >= 15 is 0 Å². The van der Waals surface area contributed by atoms with Gasteiger partial charge in [0.05, 0.1) is 6.61 Å². The largest absolute Gasteiger partial charge is 0.464 e. The molecule has 2 aromatic carbocycles. The quantitative estimate of drug-likeness (QED) is 0.816. The van der Waals surface area contributed by atoms with Gasteiger partial charge in [0.1, 0.15) is 5.82 Å². The molecular formula is C16H15BrFNO2. The van der Waals surface area contributed by atoms with Crippen LogP contribution >= 0.6 is 15.9 Å². The van der Waals surface area contributed by atoms with E-state index in [0.29, 0.717) is 12.2 Å². The van der Waals surface area contributed by atoms with E-state index in [0.717, 1.165) is 10.2 Å². The molecule has 21 heavy (non-hydrogen) atoms. The number of benzene rings is 2. The number of halogens is 2. The molecule has 0 aliphatic heterocycles. The minimum Gasteiger partial charge on any atom is -0.464 e. The second-order valence-electron chi connectivity index (χ2n) is 4.39. The van der Waals surface area contributed by atoms with Gasteiger partial charge in [-0.2, -0.15) is 0 Å². The number of nitrogens with one attached hydrogen (secondary N) is 1. The van der Waals surface area contributed by atoms with Crippen molar-refractivity contribution in [3.05, 3.63) is 64.4 Å². The Bertz CT molecular complexity index is 599. The Hall–Kier alpha value is -1.88. The molecule has 5 heteroatoms. The van der Waals surface area contributed by atoms with Crippen molar-refractivity contribution in [2.75, 3.05) is 11.9 Å². The van der Waals surface area contributed by atoms with E-state index in [1.807, 2.05) is 24.3 Å². The van der Waals surface area contributed by atoms with E-state index < -0.39 is 12.0 Å². The van der Waals surface area contributed by atoms with Crippen LogP contribution in [0.3, 0.4) is 0 Å². The first-order valence-electron chi connectivity index (χ1n) is 6.54. The van der Waals surface area contributed by atoms with Gasteiger partial charge in [-0.05, 0) is 48.9 Å². The fraction of sp³-hybridized carbons (Fsp3) is 0.188. The predicted molar refractivity (Wildman–Crippen MR) is 83.5 cm³/mol. The van der Waals surface area contributed by atoms with E-state index in [2.05, 4.69) is 21.2 Å². The molecule has 0 radical (unpaired) electrons. The van der Waals surface area contributed by atoms with Crippen LogP contribution < -0.4 is 5.32 Å². The summed E-state index contributed by atoms with van der Waals surface area (Å²) in [6.45, 7) is 2.04. The van der Waals surface area contributed by atoms with Crippen LogP contribution in [0.2, 0.25) is 0 Å². The third-order valence-corrected chi connectivity index (χ3v) is 3.41. The average molecular weight is 352 g/mol. The van der Waals surface area contributed by atoms with Crippen molar-refractivity contribution in [1.82, 2.24) is 0 Å². The van der Waals surface area contributed by atoms with Crippen LogP contribution in [0, 0.1) is 5.82 Å². The zero-order chi connectivity index (χ0) is 15.2. The van der Waals surface area contributed by atoms with Crippen LogP contribution in [-0.4, -0.2) is 12.6 Å². The lowest BCUT2D eigenvalue weighted by Gasteiger charge is -2.19. The molecule has 0 aliphatic carbocycles. The molecule has 0 amide bonds. The molecule has 110 valence electrons. The summed E-state index contributed by atoms with van der Waals surface area (Å²) in [7, 11) is 0. The van der Waals surface area contributed by atoms with Crippen molar-refractivity contribution in [2.45, 2.75) is 13.0 Å². The summed E-state index contributed by atoms with van der Waals surface area (Å²) in [6.07, 6.45) is 0. The van der Waals surface area contributed by atoms with E-state index in [9.17, 15) is 9.18 Å². The molecule has 2 aromatic rings. The number of ether oxygens (including phenoxy) is 1. The molecule has 3 nitrogen and oxygen atoms in total. The lowest BCUT2D eigenvalue weighted by atomic mass is 10.1. The Morgan fingerprint density at radius 1 is 1.19 bits per heavy atom. The van der Waals surface area contributed by atoms with Gasteiger partial charge in [-0.1, -0.05) is 28.1 Å². The molecule has 0 bridgehead atoms. The van der Waals surface area contributed by atoms with Gasteiger partial charge < -0.3 is 10.1 Å². The number of carbonyl (C=O) groups is 1. The Kier molecular flexibility index (Phi) is 5.33. The first-order valence-corrected chi connectivity index (χ1v) is 7.33. The van der Waals surface area contributed by atoms with Crippen LogP contribution in [0.4, 0.5) is 10.1 Å². The van der Waals surface area contributed by atoms with E-state index in [4.69, 9.17) is 4.74 Å². The number of anilines is 1. The molecular weight excluding hydrogens is 337 g/mol. The normalized spacial score (nSPS) is 11.8. The highest BCUT2D eigenvalue weighted by Gasteiger charge is 2.21. The number of hydrogen-bond donors (Lipinski definition) is 1. The Labute approximate surface area is 131 Å². The third kappa shape index (κ3) is 4.29. The standard InChI is InChI=1S/C16H15BrFNO2/c1-2-21-16(20)15(11-3-7-13(18)8-4-11)19-14-9-5-12(17)6-10-14/h3-10,15,19H,2H2,1H3. The van der Waals surface area contributed by atoms with Crippen LogP contribution in [0.25, 0.3) is 0 Å². The number of hydrogen-bond acceptors (Lipinski definition) is 3. The Morgan fingerprint density at radius 3 is 2.38 bits per heavy atom. The molecule has 0 saturated carbocycles. The first kappa shape index (κ1) is 15.5. The van der Waals surface area contributed by atoms with Gasteiger partial charge in [-0.3, -0.25) is 0 Å². The monoisotopic (exact) mass is 351 g/mol. The van der Waals surface area contributed by atoms with E-state index in [1.165, 1.54) is 12.1 Å². The van der Waals surface area contributed by atoms with Crippen LogP contribution in [-0.2, 0) is 9.53 Å². The minimum atomic E-state index is -0.674. The van der Waals surface area contributed by atoms with Gasteiger partial charge in [0.2, 0.25) is 0 Å². The summed E-state index contributed by atoms with van der Waals surface area (Å²) >= 11 is 3.36. The smallest absolute Gasteiger partial charge is 0.333 e. The zero-order valence-electron chi connectivity index (χ0n) is 11.5. The summed E-state index contributed by atoms with van der Waals surface area (Å²) in [5, 5.41) is 3.11. The van der Waals surface area contributed by atoms with E-state index in [1.54, 1.807) is 19.1 Å². The van der Waals surface area contributed by atoms with Crippen LogP contribution in [0.15, 0.2) is 53.0 Å². The highest BCUT2D eigenvalue weighted by atomic mass is 79.9. The fourth-order valence-corrected chi connectivity index (χ4v) is 2.14. The van der Waals surface area contributed by atoms with Crippen molar-refractivity contribution < 1.29 is 13.9 Å². The molecule has 0 fully saturated rings. The molecule has 0 heterocycles. The van der Waals surface area contributed by atoms with Gasteiger partial charge in [-0.25, -0.2) is 9.18 Å². The van der Waals surface area contributed by atoms with Crippen molar-refractivity contribution in [2.24, 2.45) is 0 Å². The van der Waals surface area contributed by atoms with Crippen LogP contribution in [0.1, 0.15) is 18.5 Å². The van der Waals surface area contributed by atoms with Crippen molar-refractivity contribution in [3.8, 4) is 0 Å². The third-order valence-electron chi connectivity index (χ3n) is 2.88. The maximum absolute atomic E-state index is 13.0. The molecule has 0 aliphatic rings. The van der Waals surface area contributed by atoms with Crippen molar-refractivity contribution in [1.29, 1.82) is 0 Å². The zero-order valence-corrected chi connectivity index (χ0v) is 13.1. The lowest BCUT2D eigenvalue weighted by Crippen LogP contribution is -2.23. The first-order chi connectivity index (χ1) is 10.1. The molecule has 0 aromatic heterocycles. The Morgan fingerprint density at radius 2 is 1.81 bits per heavy atom. The maximum Gasteiger partial charge on any atom is 0.333 e. The molecule has 1 atom stereocenters. The minimum absolute atomic E-state index is 0.290. The highest BCUT2D eigenvalue weighted by Crippen LogP contribution is 2.23. The Balaban J connectivity index is 2.25. The SMILES string of the molecule is CCOC(=O)C(Nc1ccc(Br)cc1)c1ccc(F)cc1. The van der Waals surface area contributed by atoms with E-state index in [-0.39, 0.29) is 5.82 Å². The van der Waals surface area contributed by atoms with Gasteiger partial charge in [0.25, 0.3) is 0 Å². The second-order valence-corrected chi connectivity index (χ2v) is 5.30. The number of rotatable bonds is 5. The maximum atomic E-state index is 13.0. The summed E-state index contributed by atoms with van der Waals surface area (Å²) in [6, 6.07) is 12.6. The topological polar surface area (TPSA) is 38.3 Å². The van der Waals surface area contributed by atoms with Gasteiger partial charge in [-0.15, -0.1) is 0 Å². The molecule has 0 spiro atoms. The van der Waals surface area contributed by atoms with Crippen molar-refractivity contribution >= 4 is 27.6 Å². The number of carbonyl (C=O) groups excluding carboxylic acids is 1. The highest BCUT2D eigenvalue weighted by molar-refractivity contribution is 9.10. The molecule has 1 unspecified atom stereocenters.